The molecule has 80 valence electrons. The summed E-state index contributed by atoms with van der Waals surface area (Å²) in [6, 6.07) is -0.900. The van der Waals surface area contributed by atoms with Gasteiger partial charge in [-0.05, 0) is 13.8 Å². The zero-order chi connectivity index (χ0) is 11.1. The fourth-order valence-electron chi connectivity index (χ4n) is 0.844. The van der Waals surface area contributed by atoms with E-state index in [1.54, 1.807) is 19.9 Å². The minimum Gasteiger partial charge on any atom is -0.481 e. The predicted molar refractivity (Wildman–Crippen MR) is 53.0 cm³/mol. The van der Waals surface area contributed by atoms with Crippen molar-refractivity contribution < 1.29 is 14.7 Å². The van der Waals surface area contributed by atoms with Crippen molar-refractivity contribution in [1.29, 1.82) is 0 Å². The molecule has 5 heteroatoms. The summed E-state index contributed by atoms with van der Waals surface area (Å²) in [5, 5.41) is 13.5. The highest BCUT2D eigenvalue weighted by Crippen LogP contribution is 1.90. The van der Waals surface area contributed by atoms with Crippen LogP contribution >= 0.6 is 0 Å². The molecule has 0 aromatic rings. The first kappa shape index (κ1) is 12.5. The van der Waals surface area contributed by atoms with Gasteiger partial charge in [-0.2, -0.15) is 0 Å². The molecule has 0 heterocycles. The fourth-order valence-corrected chi connectivity index (χ4v) is 0.844. The summed E-state index contributed by atoms with van der Waals surface area (Å²) in [7, 11) is 0. The van der Waals surface area contributed by atoms with Crippen molar-refractivity contribution in [2.24, 2.45) is 0 Å². The first-order chi connectivity index (χ1) is 6.45. The standard InChI is InChI=1S/C9H16N2O3/c1-4-6(2)10-9(14)11-7(3)5-8(12)13/h4,6-7H,1,5H2,2-3H3,(H,12,13)(H2,10,11,14). The molecule has 2 amide bonds. The second-order valence-electron chi connectivity index (χ2n) is 3.14. The van der Waals surface area contributed by atoms with Gasteiger partial charge in [0.15, 0.2) is 0 Å². The number of hydrogen-bond acceptors (Lipinski definition) is 2. The number of carbonyl (C=O) groups is 2. The summed E-state index contributed by atoms with van der Waals surface area (Å²) >= 11 is 0. The van der Waals surface area contributed by atoms with Gasteiger partial charge in [0.05, 0.1) is 6.42 Å². The second kappa shape index (κ2) is 6.01. The number of carboxylic acid groups (broad SMARTS) is 1. The molecule has 0 bridgehead atoms. The van der Waals surface area contributed by atoms with Crippen LogP contribution in [0.25, 0.3) is 0 Å². The van der Waals surface area contributed by atoms with Crippen LogP contribution < -0.4 is 10.6 Å². The predicted octanol–water partition coefficient (Wildman–Crippen LogP) is 0.723. The summed E-state index contributed by atoms with van der Waals surface area (Å²) in [5.74, 6) is -0.936. The lowest BCUT2D eigenvalue weighted by atomic mass is 10.2. The van der Waals surface area contributed by atoms with Crippen LogP contribution in [0.5, 0.6) is 0 Å². The van der Waals surface area contributed by atoms with Crippen molar-refractivity contribution in [2.45, 2.75) is 32.4 Å². The van der Waals surface area contributed by atoms with E-state index in [2.05, 4.69) is 17.2 Å². The molecule has 5 nitrogen and oxygen atoms in total. The summed E-state index contributed by atoms with van der Waals surface area (Å²) in [5.41, 5.74) is 0. The van der Waals surface area contributed by atoms with Crippen LogP contribution in [0.15, 0.2) is 12.7 Å². The van der Waals surface area contributed by atoms with Crippen molar-refractivity contribution >= 4 is 12.0 Å². The third-order valence-corrected chi connectivity index (χ3v) is 1.57. The Morgan fingerprint density at radius 1 is 1.43 bits per heavy atom. The van der Waals surface area contributed by atoms with Gasteiger partial charge < -0.3 is 15.7 Å². The maximum atomic E-state index is 11.1. The number of carboxylic acids is 1. The largest absolute Gasteiger partial charge is 0.481 e. The van der Waals surface area contributed by atoms with Gasteiger partial charge in [0.25, 0.3) is 0 Å². The van der Waals surface area contributed by atoms with Gasteiger partial charge in [0.1, 0.15) is 0 Å². The highest BCUT2D eigenvalue weighted by Gasteiger charge is 2.11. The Bertz CT molecular complexity index is 228. The number of urea groups is 1. The molecule has 3 N–H and O–H groups in total. The molecule has 0 saturated heterocycles. The van der Waals surface area contributed by atoms with Crippen LogP contribution in [0.3, 0.4) is 0 Å². The van der Waals surface area contributed by atoms with E-state index in [1.807, 2.05) is 0 Å². The first-order valence-electron chi connectivity index (χ1n) is 4.37. The first-order valence-corrected chi connectivity index (χ1v) is 4.37. The van der Waals surface area contributed by atoms with Crippen LogP contribution in [0.4, 0.5) is 4.79 Å². The average Bonchev–Trinajstić information content (AvgIpc) is 2.01. The van der Waals surface area contributed by atoms with Crippen LogP contribution in [-0.2, 0) is 4.79 Å². The Morgan fingerprint density at radius 3 is 2.43 bits per heavy atom. The number of amides is 2. The summed E-state index contributed by atoms with van der Waals surface area (Å²) < 4.78 is 0. The molecule has 0 aliphatic carbocycles. The lowest BCUT2D eigenvalue weighted by Crippen LogP contribution is -2.44. The van der Waals surface area contributed by atoms with Gasteiger partial charge in [-0.25, -0.2) is 4.79 Å². The van der Waals surface area contributed by atoms with Crippen molar-refractivity contribution in [1.82, 2.24) is 10.6 Å². The van der Waals surface area contributed by atoms with Crippen LogP contribution in [-0.4, -0.2) is 29.2 Å². The Balaban J connectivity index is 3.81. The smallest absolute Gasteiger partial charge is 0.315 e. The lowest BCUT2D eigenvalue weighted by molar-refractivity contribution is -0.137. The van der Waals surface area contributed by atoms with Crippen LogP contribution in [0.1, 0.15) is 20.3 Å². The third-order valence-electron chi connectivity index (χ3n) is 1.57. The van der Waals surface area contributed by atoms with E-state index in [-0.39, 0.29) is 24.5 Å². The van der Waals surface area contributed by atoms with E-state index >= 15 is 0 Å². The van der Waals surface area contributed by atoms with Gasteiger partial charge in [-0.1, -0.05) is 6.08 Å². The highest BCUT2D eigenvalue weighted by molar-refractivity contribution is 5.76. The third kappa shape index (κ3) is 6.05. The van der Waals surface area contributed by atoms with E-state index in [0.29, 0.717) is 0 Å². The van der Waals surface area contributed by atoms with Crippen molar-refractivity contribution in [3.8, 4) is 0 Å². The maximum Gasteiger partial charge on any atom is 0.315 e. The topological polar surface area (TPSA) is 78.4 Å². The molecule has 14 heavy (non-hydrogen) atoms. The van der Waals surface area contributed by atoms with Crippen LogP contribution in [0.2, 0.25) is 0 Å². The molecule has 0 spiro atoms. The van der Waals surface area contributed by atoms with E-state index < -0.39 is 5.97 Å². The highest BCUT2D eigenvalue weighted by atomic mass is 16.4. The lowest BCUT2D eigenvalue weighted by Gasteiger charge is -2.14. The normalized spacial score (nSPS) is 13.9. The number of carbonyl (C=O) groups excluding carboxylic acids is 1. The summed E-state index contributed by atoms with van der Waals surface area (Å²) in [4.78, 5) is 21.4. The molecule has 2 unspecified atom stereocenters. The molecule has 0 aromatic carbocycles. The van der Waals surface area contributed by atoms with Gasteiger partial charge in [0, 0.05) is 12.1 Å². The molecule has 2 atom stereocenters. The second-order valence-corrected chi connectivity index (χ2v) is 3.14. The number of rotatable bonds is 5. The molecule has 0 fully saturated rings. The van der Waals surface area contributed by atoms with Gasteiger partial charge in [0.2, 0.25) is 0 Å². The molecule has 0 radical (unpaired) electrons. The maximum absolute atomic E-state index is 11.1. The van der Waals surface area contributed by atoms with Gasteiger partial charge >= 0.3 is 12.0 Å². The van der Waals surface area contributed by atoms with Gasteiger partial charge in [-0.3, -0.25) is 4.79 Å². The van der Waals surface area contributed by atoms with Crippen molar-refractivity contribution in [3.05, 3.63) is 12.7 Å². The van der Waals surface area contributed by atoms with E-state index in [1.165, 1.54) is 0 Å². The Kier molecular flexibility index (Phi) is 5.36. The molecular weight excluding hydrogens is 184 g/mol. The van der Waals surface area contributed by atoms with E-state index in [9.17, 15) is 9.59 Å². The van der Waals surface area contributed by atoms with E-state index in [4.69, 9.17) is 5.11 Å². The monoisotopic (exact) mass is 200 g/mol. The Hall–Kier alpha value is -1.52. The molecule has 0 saturated carbocycles. The minimum atomic E-state index is -0.936. The quantitative estimate of drug-likeness (QED) is 0.572. The number of aliphatic carboxylic acids is 1. The molecule has 0 rings (SSSR count). The summed E-state index contributed by atoms with van der Waals surface area (Å²) in [6.07, 6.45) is 1.50. The summed E-state index contributed by atoms with van der Waals surface area (Å²) in [6.45, 7) is 6.91. The fraction of sp³-hybridized carbons (Fsp3) is 0.556. The minimum absolute atomic E-state index is 0.0874. The number of nitrogens with one attached hydrogen (secondary N) is 2. The van der Waals surface area contributed by atoms with E-state index in [0.717, 1.165) is 0 Å². The Labute approximate surface area is 83.2 Å². The molecular formula is C9H16N2O3. The Morgan fingerprint density at radius 2 is 2.00 bits per heavy atom. The molecule has 0 aliphatic rings. The number of hydrogen-bond donors (Lipinski definition) is 3. The zero-order valence-corrected chi connectivity index (χ0v) is 8.41. The van der Waals surface area contributed by atoms with Crippen molar-refractivity contribution in [3.63, 3.8) is 0 Å². The van der Waals surface area contributed by atoms with Crippen LogP contribution in [0, 0.1) is 0 Å². The zero-order valence-electron chi connectivity index (χ0n) is 8.41. The molecule has 0 aliphatic heterocycles. The molecule has 0 aromatic heterocycles. The average molecular weight is 200 g/mol. The van der Waals surface area contributed by atoms with Crippen molar-refractivity contribution in [2.75, 3.05) is 0 Å². The SMILES string of the molecule is C=CC(C)NC(=O)NC(C)CC(=O)O. The van der Waals surface area contributed by atoms with Gasteiger partial charge in [-0.15, -0.1) is 6.58 Å².